The summed E-state index contributed by atoms with van der Waals surface area (Å²) < 4.78 is 1.90. The van der Waals surface area contributed by atoms with Crippen LogP contribution in [0.1, 0.15) is 42.4 Å². The number of hydrogen-bond donors (Lipinski definition) is 1. The van der Waals surface area contributed by atoms with Gasteiger partial charge in [0.25, 0.3) is 0 Å². The van der Waals surface area contributed by atoms with Crippen molar-refractivity contribution in [1.82, 2.24) is 19.5 Å². The first-order valence-electron chi connectivity index (χ1n) is 6.88. The molecule has 106 valence electrons. The van der Waals surface area contributed by atoms with E-state index in [1.807, 2.05) is 4.40 Å². The zero-order valence-electron chi connectivity index (χ0n) is 11.7. The summed E-state index contributed by atoms with van der Waals surface area (Å²) in [5.74, 6) is 0.354. The Kier molecular flexibility index (Phi) is 3.17. The van der Waals surface area contributed by atoms with E-state index in [1.165, 1.54) is 0 Å². The molecule has 0 saturated carbocycles. The molecule has 1 saturated heterocycles. The van der Waals surface area contributed by atoms with Gasteiger partial charge in [0.15, 0.2) is 5.65 Å². The average molecular weight is 274 g/mol. The van der Waals surface area contributed by atoms with Gasteiger partial charge in [-0.15, -0.1) is 10.2 Å². The van der Waals surface area contributed by atoms with Crippen molar-refractivity contribution in [1.29, 1.82) is 0 Å². The van der Waals surface area contributed by atoms with Gasteiger partial charge in [-0.2, -0.15) is 0 Å². The third-order valence-electron chi connectivity index (χ3n) is 4.00. The maximum Gasteiger partial charge on any atom is 0.335 e. The summed E-state index contributed by atoms with van der Waals surface area (Å²) in [6.45, 7) is 6.45. The van der Waals surface area contributed by atoms with Crippen molar-refractivity contribution < 1.29 is 9.90 Å². The van der Waals surface area contributed by atoms with Gasteiger partial charge in [0.05, 0.1) is 5.56 Å². The molecule has 6 nitrogen and oxygen atoms in total. The lowest BCUT2D eigenvalue weighted by Crippen LogP contribution is -2.28. The largest absolute Gasteiger partial charge is 0.478 e. The zero-order valence-corrected chi connectivity index (χ0v) is 11.7. The van der Waals surface area contributed by atoms with Gasteiger partial charge in [0.2, 0.25) is 0 Å². The fourth-order valence-corrected chi connectivity index (χ4v) is 2.79. The van der Waals surface area contributed by atoms with E-state index in [1.54, 1.807) is 18.3 Å². The third kappa shape index (κ3) is 2.16. The van der Waals surface area contributed by atoms with Crippen LogP contribution in [-0.2, 0) is 0 Å². The minimum atomic E-state index is -0.941. The Hall–Kier alpha value is -1.95. The Labute approximate surface area is 117 Å². The normalized spacial score (nSPS) is 20.1. The minimum Gasteiger partial charge on any atom is -0.478 e. The van der Waals surface area contributed by atoms with Crippen LogP contribution < -0.4 is 0 Å². The lowest BCUT2D eigenvalue weighted by atomic mass is 10.1. The minimum absolute atomic E-state index is 0.242. The van der Waals surface area contributed by atoms with Gasteiger partial charge in [-0.25, -0.2) is 4.79 Å². The van der Waals surface area contributed by atoms with Crippen molar-refractivity contribution in [3.63, 3.8) is 0 Å². The van der Waals surface area contributed by atoms with E-state index in [4.69, 9.17) is 5.11 Å². The molecule has 3 heterocycles. The molecule has 1 unspecified atom stereocenters. The van der Waals surface area contributed by atoms with Gasteiger partial charge in [-0.1, -0.05) is 0 Å². The number of carboxylic acids is 1. The highest BCUT2D eigenvalue weighted by molar-refractivity contribution is 5.88. The van der Waals surface area contributed by atoms with Crippen LogP contribution in [0.4, 0.5) is 0 Å². The molecule has 2 aromatic rings. The van der Waals surface area contributed by atoms with Crippen LogP contribution in [-0.4, -0.2) is 49.7 Å². The molecule has 20 heavy (non-hydrogen) atoms. The number of pyridine rings is 1. The molecule has 1 atom stereocenters. The fraction of sp³-hybridized carbons (Fsp3) is 0.500. The third-order valence-corrected chi connectivity index (χ3v) is 4.00. The summed E-state index contributed by atoms with van der Waals surface area (Å²) in [4.78, 5) is 13.4. The number of aromatic carboxylic acids is 1. The van der Waals surface area contributed by atoms with Crippen LogP contribution in [0.2, 0.25) is 0 Å². The van der Waals surface area contributed by atoms with Crippen molar-refractivity contribution in [2.24, 2.45) is 0 Å². The molecule has 3 rings (SSSR count). The highest BCUT2D eigenvalue weighted by Gasteiger charge is 2.28. The summed E-state index contributed by atoms with van der Waals surface area (Å²) >= 11 is 0. The molecule has 6 heteroatoms. The van der Waals surface area contributed by atoms with Gasteiger partial charge in [-0.05, 0) is 38.9 Å². The lowest BCUT2D eigenvalue weighted by molar-refractivity contribution is 0.0697. The van der Waals surface area contributed by atoms with Crippen molar-refractivity contribution in [3.8, 4) is 0 Å². The number of carboxylic acid groups (broad SMARTS) is 1. The van der Waals surface area contributed by atoms with Crippen molar-refractivity contribution in [3.05, 3.63) is 29.7 Å². The summed E-state index contributed by atoms with van der Waals surface area (Å²) in [6.07, 6.45) is 2.83. The molecular formula is C14H18N4O2. The quantitative estimate of drug-likeness (QED) is 0.921. The van der Waals surface area contributed by atoms with Crippen molar-refractivity contribution in [2.45, 2.75) is 32.2 Å². The molecule has 2 aromatic heterocycles. The molecule has 1 aliphatic heterocycles. The Morgan fingerprint density at radius 2 is 2.25 bits per heavy atom. The van der Waals surface area contributed by atoms with Gasteiger partial charge >= 0.3 is 5.97 Å². The second-order valence-electron chi connectivity index (χ2n) is 5.58. The number of likely N-dealkylation sites (tertiary alicyclic amines) is 1. The summed E-state index contributed by atoms with van der Waals surface area (Å²) in [6, 6.07) is 3.70. The second kappa shape index (κ2) is 4.86. The van der Waals surface area contributed by atoms with E-state index in [2.05, 4.69) is 28.9 Å². The maximum atomic E-state index is 11.0. The Morgan fingerprint density at radius 1 is 1.45 bits per heavy atom. The molecule has 0 spiro atoms. The molecular weight excluding hydrogens is 256 g/mol. The molecule has 0 amide bonds. The first kappa shape index (κ1) is 13.1. The van der Waals surface area contributed by atoms with Gasteiger partial charge in [0, 0.05) is 24.7 Å². The first-order chi connectivity index (χ1) is 9.56. The lowest BCUT2D eigenvalue weighted by Gasteiger charge is -2.19. The SMILES string of the molecule is CC(C)N1CCC(c2nnc3cc(C(=O)O)ccn23)C1. The molecule has 0 radical (unpaired) electrons. The molecule has 0 bridgehead atoms. The van der Waals surface area contributed by atoms with Crippen molar-refractivity contribution in [2.75, 3.05) is 13.1 Å². The van der Waals surface area contributed by atoms with Crippen LogP contribution in [0, 0.1) is 0 Å². The van der Waals surface area contributed by atoms with Crippen LogP contribution in [0.25, 0.3) is 5.65 Å². The van der Waals surface area contributed by atoms with E-state index in [0.717, 1.165) is 25.3 Å². The number of aromatic nitrogens is 3. The fourth-order valence-electron chi connectivity index (χ4n) is 2.79. The molecule has 1 N–H and O–H groups in total. The van der Waals surface area contributed by atoms with Crippen LogP contribution in [0.5, 0.6) is 0 Å². The van der Waals surface area contributed by atoms with Crippen LogP contribution in [0.3, 0.4) is 0 Å². The summed E-state index contributed by atoms with van der Waals surface area (Å²) in [5.41, 5.74) is 0.842. The summed E-state index contributed by atoms with van der Waals surface area (Å²) in [5, 5.41) is 17.4. The zero-order chi connectivity index (χ0) is 14.3. The Balaban J connectivity index is 1.92. The number of hydrogen-bond acceptors (Lipinski definition) is 4. The number of carbonyl (C=O) groups is 1. The van der Waals surface area contributed by atoms with Gasteiger partial charge in [-0.3, -0.25) is 4.40 Å². The Morgan fingerprint density at radius 3 is 2.90 bits per heavy atom. The number of fused-ring (bicyclic) bond motifs is 1. The number of rotatable bonds is 3. The van der Waals surface area contributed by atoms with E-state index >= 15 is 0 Å². The van der Waals surface area contributed by atoms with Crippen LogP contribution >= 0.6 is 0 Å². The van der Waals surface area contributed by atoms with E-state index in [0.29, 0.717) is 17.6 Å². The smallest absolute Gasteiger partial charge is 0.335 e. The standard InChI is InChI=1S/C14H18N4O2/c1-9(2)17-5-3-11(8-17)13-16-15-12-7-10(14(19)20)4-6-18(12)13/h4,6-7,9,11H,3,5,8H2,1-2H3,(H,19,20). The van der Waals surface area contributed by atoms with Gasteiger partial charge < -0.3 is 10.0 Å². The Bertz CT molecular complexity index is 650. The predicted octanol–water partition coefficient (Wildman–Crippen LogP) is 1.63. The van der Waals surface area contributed by atoms with E-state index in [-0.39, 0.29) is 5.56 Å². The monoisotopic (exact) mass is 274 g/mol. The highest BCUT2D eigenvalue weighted by Crippen LogP contribution is 2.27. The van der Waals surface area contributed by atoms with Gasteiger partial charge in [0.1, 0.15) is 5.82 Å². The second-order valence-corrected chi connectivity index (χ2v) is 5.58. The molecule has 0 aromatic carbocycles. The topological polar surface area (TPSA) is 70.7 Å². The molecule has 1 fully saturated rings. The molecule has 0 aliphatic carbocycles. The number of nitrogens with zero attached hydrogens (tertiary/aromatic N) is 4. The average Bonchev–Trinajstić information content (AvgIpc) is 3.03. The van der Waals surface area contributed by atoms with E-state index in [9.17, 15) is 4.79 Å². The van der Waals surface area contributed by atoms with Crippen LogP contribution in [0.15, 0.2) is 18.3 Å². The van der Waals surface area contributed by atoms with E-state index < -0.39 is 5.97 Å². The maximum absolute atomic E-state index is 11.0. The molecule has 1 aliphatic rings. The predicted molar refractivity (Wildman–Crippen MR) is 74.0 cm³/mol. The first-order valence-corrected chi connectivity index (χ1v) is 6.88. The van der Waals surface area contributed by atoms with Crippen molar-refractivity contribution >= 4 is 11.6 Å². The summed E-state index contributed by atoms with van der Waals surface area (Å²) in [7, 11) is 0. The highest BCUT2D eigenvalue weighted by atomic mass is 16.4.